The van der Waals surface area contributed by atoms with Crippen molar-refractivity contribution in [1.82, 2.24) is 4.90 Å². The summed E-state index contributed by atoms with van der Waals surface area (Å²) in [5.41, 5.74) is 2.15. The summed E-state index contributed by atoms with van der Waals surface area (Å²) in [5.74, 6) is -0.717. The van der Waals surface area contributed by atoms with E-state index < -0.39 is 20.8 Å². The van der Waals surface area contributed by atoms with Gasteiger partial charge in [0.05, 0.1) is 5.25 Å². The molecule has 0 radical (unpaired) electrons. The van der Waals surface area contributed by atoms with Crippen molar-refractivity contribution >= 4 is 21.4 Å². The molecule has 0 N–H and O–H groups in total. The average Bonchev–Trinajstić information content (AvgIpc) is 2.58. The van der Waals surface area contributed by atoms with Gasteiger partial charge in [-0.1, -0.05) is 18.2 Å². The average molecular weight is 310 g/mol. The number of carbonyl (C=O) groups excluding carboxylic acids is 1. The Balaban J connectivity index is 2.18. The van der Waals surface area contributed by atoms with Gasteiger partial charge in [-0.05, 0) is 25.5 Å². The molecule has 0 atom stereocenters. The van der Waals surface area contributed by atoms with E-state index in [-0.39, 0.29) is 5.91 Å². The van der Waals surface area contributed by atoms with Gasteiger partial charge < -0.3 is 9.80 Å². The molecule has 0 fully saturated rings. The van der Waals surface area contributed by atoms with E-state index in [2.05, 4.69) is 4.90 Å². The molecule has 1 heterocycles. The highest BCUT2D eigenvalue weighted by molar-refractivity contribution is 7.92. The molecule has 0 aliphatic carbocycles. The molecule has 1 amide bonds. The van der Waals surface area contributed by atoms with Crippen LogP contribution in [0, 0.1) is 0 Å². The van der Waals surface area contributed by atoms with Crippen molar-refractivity contribution < 1.29 is 13.2 Å². The molecule has 1 aliphatic rings. The van der Waals surface area contributed by atoms with E-state index in [1.807, 2.05) is 31.3 Å². The second-order valence-electron chi connectivity index (χ2n) is 5.72. The summed E-state index contributed by atoms with van der Waals surface area (Å²) in [6.45, 7) is 4.91. The maximum Gasteiger partial charge on any atom is 0.238 e. The van der Waals surface area contributed by atoms with Crippen LogP contribution in [0.15, 0.2) is 24.3 Å². The van der Waals surface area contributed by atoms with E-state index >= 15 is 0 Å². The van der Waals surface area contributed by atoms with Crippen molar-refractivity contribution in [2.24, 2.45) is 0 Å². The van der Waals surface area contributed by atoms with Crippen LogP contribution >= 0.6 is 0 Å². The first-order chi connectivity index (χ1) is 9.81. The number of para-hydroxylation sites is 1. The van der Waals surface area contributed by atoms with Crippen molar-refractivity contribution in [3.63, 3.8) is 0 Å². The fraction of sp³-hybridized carbons (Fsp3) is 0.533. The van der Waals surface area contributed by atoms with Crippen molar-refractivity contribution in [2.45, 2.75) is 25.6 Å². The Morgan fingerprint density at radius 3 is 2.57 bits per heavy atom. The minimum absolute atomic E-state index is 0.311. The number of sulfone groups is 1. The molecule has 0 saturated heterocycles. The highest BCUT2D eigenvalue weighted by Gasteiger charge is 2.26. The number of rotatable bonds is 3. The number of nitrogens with zero attached hydrogens (tertiary/aromatic N) is 2. The largest absolute Gasteiger partial charge is 0.373 e. The number of amides is 1. The van der Waals surface area contributed by atoms with E-state index in [1.165, 1.54) is 0 Å². The first-order valence-electron chi connectivity index (χ1n) is 7.09. The Labute approximate surface area is 126 Å². The molecule has 116 valence electrons. The lowest BCUT2D eigenvalue weighted by molar-refractivity contribution is -0.128. The number of fused-ring (bicyclic) bond motifs is 1. The zero-order valence-electron chi connectivity index (χ0n) is 12.7. The van der Waals surface area contributed by atoms with E-state index in [1.54, 1.807) is 18.7 Å². The van der Waals surface area contributed by atoms with Crippen molar-refractivity contribution in [2.75, 3.05) is 30.8 Å². The minimum Gasteiger partial charge on any atom is -0.373 e. The number of benzene rings is 1. The lowest BCUT2D eigenvalue weighted by Crippen LogP contribution is -2.39. The third kappa shape index (κ3) is 3.56. The molecule has 1 aromatic rings. The molecule has 1 aromatic carbocycles. The van der Waals surface area contributed by atoms with E-state index in [0.717, 1.165) is 11.3 Å². The van der Waals surface area contributed by atoms with Gasteiger partial charge in [0.15, 0.2) is 9.84 Å². The fourth-order valence-electron chi connectivity index (χ4n) is 2.34. The number of likely N-dealkylation sites (N-methyl/N-ethyl adjacent to an activating group) is 1. The van der Waals surface area contributed by atoms with Gasteiger partial charge >= 0.3 is 0 Å². The molecular weight excluding hydrogens is 288 g/mol. The quantitative estimate of drug-likeness (QED) is 0.844. The molecule has 1 aliphatic heterocycles. The molecule has 0 aromatic heterocycles. The Kier molecular flexibility index (Phi) is 4.56. The summed E-state index contributed by atoms with van der Waals surface area (Å²) < 4.78 is 23.8. The van der Waals surface area contributed by atoms with Crippen LogP contribution in [0.25, 0.3) is 0 Å². The van der Waals surface area contributed by atoms with Crippen LogP contribution < -0.4 is 4.90 Å². The summed E-state index contributed by atoms with van der Waals surface area (Å²) in [4.78, 5) is 16.1. The van der Waals surface area contributed by atoms with Gasteiger partial charge in [0.25, 0.3) is 0 Å². The van der Waals surface area contributed by atoms with Crippen LogP contribution in [-0.4, -0.2) is 50.4 Å². The number of carbonyl (C=O) groups is 1. The van der Waals surface area contributed by atoms with Gasteiger partial charge in [-0.15, -0.1) is 0 Å². The highest BCUT2D eigenvalue weighted by Crippen LogP contribution is 2.23. The Morgan fingerprint density at radius 1 is 1.24 bits per heavy atom. The normalized spacial score (nSPS) is 15.8. The molecule has 0 unspecified atom stereocenters. The van der Waals surface area contributed by atoms with Crippen LogP contribution in [0.3, 0.4) is 0 Å². The van der Waals surface area contributed by atoms with Gasteiger partial charge in [-0.3, -0.25) is 4.79 Å². The third-order valence-electron chi connectivity index (χ3n) is 3.86. The highest BCUT2D eigenvalue weighted by atomic mass is 32.2. The SMILES string of the molecule is CC(C)S(=O)(=O)CC(=O)N1CCN(C)c2ccccc2C1. The lowest BCUT2D eigenvalue weighted by Gasteiger charge is -2.21. The zero-order chi connectivity index (χ0) is 15.6. The van der Waals surface area contributed by atoms with E-state index in [4.69, 9.17) is 0 Å². The van der Waals surface area contributed by atoms with Crippen molar-refractivity contribution in [1.29, 1.82) is 0 Å². The summed E-state index contributed by atoms with van der Waals surface area (Å²) in [5, 5.41) is -0.525. The van der Waals surface area contributed by atoms with Gasteiger partial charge in [0, 0.05) is 32.4 Å². The van der Waals surface area contributed by atoms with E-state index in [9.17, 15) is 13.2 Å². The molecule has 5 nitrogen and oxygen atoms in total. The predicted octanol–water partition coefficient (Wildman–Crippen LogP) is 1.29. The van der Waals surface area contributed by atoms with Crippen molar-refractivity contribution in [3.8, 4) is 0 Å². The fourth-order valence-corrected chi connectivity index (χ4v) is 3.20. The van der Waals surface area contributed by atoms with Gasteiger partial charge in [-0.25, -0.2) is 8.42 Å². The smallest absolute Gasteiger partial charge is 0.238 e. The number of hydrogen-bond acceptors (Lipinski definition) is 4. The second kappa shape index (κ2) is 6.05. The minimum atomic E-state index is -3.35. The lowest BCUT2D eigenvalue weighted by atomic mass is 10.1. The monoisotopic (exact) mass is 310 g/mol. The van der Waals surface area contributed by atoms with E-state index in [0.29, 0.717) is 19.6 Å². The molecule has 6 heteroatoms. The Hall–Kier alpha value is -1.56. The summed E-state index contributed by atoms with van der Waals surface area (Å²) in [7, 11) is -1.37. The van der Waals surface area contributed by atoms with Gasteiger partial charge in [0.1, 0.15) is 5.75 Å². The maximum absolute atomic E-state index is 12.3. The summed E-state index contributed by atoms with van der Waals surface area (Å²) in [6, 6.07) is 7.91. The number of hydrogen-bond donors (Lipinski definition) is 0. The molecule has 0 spiro atoms. The first-order valence-corrected chi connectivity index (χ1v) is 8.81. The molecule has 0 bridgehead atoms. The van der Waals surface area contributed by atoms with Crippen LogP contribution in [0.5, 0.6) is 0 Å². The molecule has 0 saturated carbocycles. The summed E-state index contributed by atoms with van der Waals surface area (Å²) >= 11 is 0. The Bertz CT molecular complexity index is 626. The van der Waals surface area contributed by atoms with Gasteiger partial charge in [-0.2, -0.15) is 0 Å². The molecular formula is C15H22N2O3S. The summed E-state index contributed by atoms with van der Waals surface area (Å²) in [6.07, 6.45) is 0. The first kappa shape index (κ1) is 15.8. The third-order valence-corrected chi connectivity index (χ3v) is 5.95. The van der Waals surface area contributed by atoms with Crippen molar-refractivity contribution in [3.05, 3.63) is 29.8 Å². The Morgan fingerprint density at radius 2 is 1.90 bits per heavy atom. The van der Waals surface area contributed by atoms with Crippen LogP contribution in [-0.2, 0) is 21.2 Å². The van der Waals surface area contributed by atoms with Gasteiger partial charge in [0.2, 0.25) is 5.91 Å². The van der Waals surface area contributed by atoms with Crippen LogP contribution in [0.1, 0.15) is 19.4 Å². The second-order valence-corrected chi connectivity index (χ2v) is 8.28. The van der Waals surface area contributed by atoms with Crippen LogP contribution in [0.4, 0.5) is 5.69 Å². The zero-order valence-corrected chi connectivity index (χ0v) is 13.6. The predicted molar refractivity (Wildman–Crippen MR) is 84.1 cm³/mol. The maximum atomic E-state index is 12.3. The van der Waals surface area contributed by atoms with Crippen LogP contribution in [0.2, 0.25) is 0 Å². The molecule has 21 heavy (non-hydrogen) atoms. The number of anilines is 1. The topological polar surface area (TPSA) is 57.7 Å². The molecule has 2 rings (SSSR count). The standard InChI is InChI=1S/C15H22N2O3S/c1-12(2)21(19,20)11-15(18)17-9-8-16(3)14-7-5-4-6-13(14)10-17/h4-7,12H,8-11H2,1-3H3.